The molecule has 1 heterocycles. The summed E-state index contributed by atoms with van der Waals surface area (Å²) in [5.41, 5.74) is 3.37. The maximum Gasteiger partial charge on any atom is 0.255 e. The number of carbonyl (C=O) groups is 1. The van der Waals surface area contributed by atoms with Gasteiger partial charge in [0.15, 0.2) is 0 Å². The van der Waals surface area contributed by atoms with Crippen LogP contribution in [0.3, 0.4) is 0 Å². The molecular formula is C21H19ClFN3OS. The molecule has 2 aromatic carbocycles. The average molecular weight is 416 g/mol. The fourth-order valence-corrected chi connectivity index (χ4v) is 3.34. The Morgan fingerprint density at radius 2 is 1.86 bits per heavy atom. The van der Waals surface area contributed by atoms with Crippen molar-refractivity contribution >= 4 is 41.0 Å². The lowest BCUT2D eigenvalue weighted by molar-refractivity contribution is 0.102. The molecule has 4 nitrogen and oxygen atoms in total. The number of anilines is 2. The van der Waals surface area contributed by atoms with Crippen LogP contribution in [0, 0.1) is 5.82 Å². The highest BCUT2D eigenvalue weighted by Crippen LogP contribution is 2.21. The third-order valence-corrected chi connectivity index (χ3v) is 5.17. The number of aromatic nitrogens is 1. The van der Waals surface area contributed by atoms with Gasteiger partial charge in [-0.25, -0.2) is 9.37 Å². The molecule has 0 aliphatic heterocycles. The van der Waals surface area contributed by atoms with E-state index >= 15 is 0 Å². The Morgan fingerprint density at radius 3 is 2.57 bits per heavy atom. The second-order valence-corrected chi connectivity index (χ2v) is 7.26. The van der Waals surface area contributed by atoms with Crippen molar-refractivity contribution in [3.63, 3.8) is 0 Å². The minimum absolute atomic E-state index is 0.0433. The normalized spacial score (nSPS) is 10.5. The van der Waals surface area contributed by atoms with Gasteiger partial charge in [-0.15, -0.1) is 0 Å². The number of hydrogen-bond acceptors (Lipinski definition) is 4. The number of hydrogen-bond donors (Lipinski definition) is 2. The van der Waals surface area contributed by atoms with Crippen molar-refractivity contribution in [3.8, 4) is 0 Å². The van der Waals surface area contributed by atoms with Crippen molar-refractivity contribution in [2.24, 2.45) is 0 Å². The molecule has 0 bridgehead atoms. The van der Waals surface area contributed by atoms with E-state index in [0.29, 0.717) is 17.1 Å². The third kappa shape index (κ3) is 5.47. The molecule has 0 atom stereocenters. The molecule has 0 spiro atoms. The van der Waals surface area contributed by atoms with Gasteiger partial charge in [0, 0.05) is 23.2 Å². The molecule has 3 aromatic rings. The van der Waals surface area contributed by atoms with Gasteiger partial charge in [-0.05, 0) is 59.8 Å². The molecule has 0 unspecified atom stereocenters. The van der Waals surface area contributed by atoms with Gasteiger partial charge in [-0.2, -0.15) is 0 Å². The summed E-state index contributed by atoms with van der Waals surface area (Å²) in [6.07, 6.45) is 2.58. The summed E-state index contributed by atoms with van der Waals surface area (Å²) in [5.74, 6) is 0.501. The van der Waals surface area contributed by atoms with Crippen LogP contribution >= 0.6 is 23.5 Å². The van der Waals surface area contributed by atoms with Crippen molar-refractivity contribution in [1.29, 1.82) is 0 Å². The van der Waals surface area contributed by atoms with Crippen LogP contribution in [0.15, 0.2) is 60.8 Å². The van der Waals surface area contributed by atoms with Crippen LogP contribution in [-0.2, 0) is 12.2 Å². The molecule has 0 fully saturated rings. The van der Waals surface area contributed by atoms with Gasteiger partial charge in [0.05, 0.1) is 5.02 Å². The first-order valence-corrected chi connectivity index (χ1v) is 10.1. The molecule has 0 saturated heterocycles. The minimum Gasteiger partial charge on any atom is -0.322 e. The van der Waals surface area contributed by atoms with Crippen molar-refractivity contribution < 1.29 is 9.18 Å². The Bertz CT molecular complexity index is 966. The zero-order valence-electron chi connectivity index (χ0n) is 15.2. The Morgan fingerprint density at radius 1 is 1.11 bits per heavy atom. The standard InChI is InChI=1S/C21H19ClFN3OS/c1-2-14-3-5-15(6-4-14)13-28-26-20-11-16(9-10-24-20)21(27)25-17-7-8-19(23)18(22)12-17/h3-12H,2,13H2,1H3,(H,24,26)(H,25,27). The Balaban J connectivity index is 1.58. The molecule has 1 amide bonds. The zero-order valence-corrected chi connectivity index (χ0v) is 16.8. The molecule has 0 saturated carbocycles. The molecular weight excluding hydrogens is 397 g/mol. The third-order valence-electron chi connectivity index (χ3n) is 4.05. The highest BCUT2D eigenvalue weighted by atomic mass is 35.5. The summed E-state index contributed by atoms with van der Waals surface area (Å²) in [6, 6.07) is 15.8. The van der Waals surface area contributed by atoms with Gasteiger partial charge >= 0.3 is 0 Å². The van der Waals surface area contributed by atoms with E-state index in [-0.39, 0.29) is 10.9 Å². The molecule has 28 heavy (non-hydrogen) atoms. The predicted octanol–water partition coefficient (Wildman–Crippen LogP) is 5.95. The molecule has 0 radical (unpaired) electrons. The number of carbonyl (C=O) groups excluding carboxylic acids is 1. The van der Waals surface area contributed by atoms with Crippen LogP contribution < -0.4 is 10.0 Å². The summed E-state index contributed by atoms with van der Waals surface area (Å²) in [6.45, 7) is 2.13. The van der Waals surface area contributed by atoms with Crippen molar-refractivity contribution in [2.75, 3.05) is 10.0 Å². The number of rotatable bonds is 7. The van der Waals surface area contributed by atoms with Crippen LogP contribution in [0.4, 0.5) is 15.9 Å². The van der Waals surface area contributed by atoms with E-state index in [9.17, 15) is 9.18 Å². The van der Waals surface area contributed by atoms with E-state index < -0.39 is 5.82 Å². The van der Waals surface area contributed by atoms with Gasteiger partial charge in [0.2, 0.25) is 0 Å². The SMILES string of the molecule is CCc1ccc(CSNc2cc(C(=O)Nc3ccc(F)c(Cl)c3)ccn2)cc1. The average Bonchev–Trinajstić information content (AvgIpc) is 2.71. The van der Waals surface area contributed by atoms with Crippen LogP contribution in [0.1, 0.15) is 28.4 Å². The summed E-state index contributed by atoms with van der Waals surface area (Å²) in [4.78, 5) is 16.6. The summed E-state index contributed by atoms with van der Waals surface area (Å²) in [7, 11) is 0. The first-order chi connectivity index (χ1) is 13.5. The zero-order chi connectivity index (χ0) is 19.9. The number of benzene rings is 2. The van der Waals surface area contributed by atoms with Crippen LogP contribution in [-0.4, -0.2) is 10.9 Å². The van der Waals surface area contributed by atoms with Crippen LogP contribution in [0.5, 0.6) is 0 Å². The quantitative estimate of drug-likeness (QED) is 0.468. The largest absolute Gasteiger partial charge is 0.322 e. The van der Waals surface area contributed by atoms with E-state index in [0.717, 1.165) is 12.2 Å². The highest BCUT2D eigenvalue weighted by molar-refractivity contribution is 7.99. The van der Waals surface area contributed by atoms with Crippen molar-refractivity contribution in [1.82, 2.24) is 4.98 Å². The summed E-state index contributed by atoms with van der Waals surface area (Å²) >= 11 is 7.24. The molecule has 144 valence electrons. The highest BCUT2D eigenvalue weighted by Gasteiger charge is 2.09. The van der Waals surface area contributed by atoms with Gasteiger partial charge in [-0.1, -0.05) is 42.8 Å². The number of aryl methyl sites for hydroxylation is 1. The Hall–Kier alpha value is -2.57. The maximum atomic E-state index is 13.2. The number of nitrogens with one attached hydrogen (secondary N) is 2. The second-order valence-electron chi connectivity index (χ2n) is 6.07. The Labute approximate surface area is 172 Å². The minimum atomic E-state index is -0.531. The fourth-order valence-electron chi connectivity index (χ4n) is 2.47. The van der Waals surface area contributed by atoms with E-state index in [1.807, 2.05) is 0 Å². The van der Waals surface area contributed by atoms with E-state index in [1.165, 1.54) is 41.3 Å². The van der Waals surface area contributed by atoms with Crippen molar-refractivity contribution in [3.05, 3.63) is 88.3 Å². The number of halogens is 2. The summed E-state index contributed by atoms with van der Waals surface area (Å²) in [5, 5.41) is 2.65. The molecule has 3 rings (SSSR count). The number of pyridine rings is 1. The van der Waals surface area contributed by atoms with Crippen LogP contribution in [0.2, 0.25) is 5.02 Å². The van der Waals surface area contributed by atoms with E-state index in [1.54, 1.807) is 18.3 Å². The van der Waals surface area contributed by atoms with E-state index in [4.69, 9.17) is 11.6 Å². The van der Waals surface area contributed by atoms with Gasteiger partial charge in [0.25, 0.3) is 5.91 Å². The molecule has 0 aliphatic rings. The lowest BCUT2D eigenvalue weighted by Crippen LogP contribution is -2.12. The molecule has 0 aliphatic carbocycles. The number of amides is 1. The van der Waals surface area contributed by atoms with Gasteiger partial charge in [-0.3, -0.25) is 4.79 Å². The predicted molar refractivity (Wildman–Crippen MR) is 114 cm³/mol. The molecule has 1 aromatic heterocycles. The maximum absolute atomic E-state index is 13.2. The lowest BCUT2D eigenvalue weighted by Gasteiger charge is -2.09. The monoisotopic (exact) mass is 415 g/mol. The van der Waals surface area contributed by atoms with Gasteiger partial charge in [0.1, 0.15) is 11.6 Å². The molecule has 2 N–H and O–H groups in total. The van der Waals surface area contributed by atoms with Crippen molar-refractivity contribution in [2.45, 2.75) is 19.1 Å². The fraction of sp³-hybridized carbons (Fsp3) is 0.143. The first-order valence-electron chi connectivity index (χ1n) is 8.73. The van der Waals surface area contributed by atoms with E-state index in [2.05, 4.69) is 46.2 Å². The first kappa shape index (κ1) is 20.2. The summed E-state index contributed by atoms with van der Waals surface area (Å²) < 4.78 is 16.4. The Kier molecular flexibility index (Phi) is 6.90. The number of nitrogens with zero attached hydrogens (tertiary/aromatic N) is 1. The van der Waals surface area contributed by atoms with Crippen LogP contribution in [0.25, 0.3) is 0 Å². The second kappa shape index (κ2) is 9.57. The molecule has 7 heteroatoms. The topological polar surface area (TPSA) is 54.0 Å². The lowest BCUT2D eigenvalue weighted by atomic mass is 10.1. The smallest absolute Gasteiger partial charge is 0.255 e. The van der Waals surface area contributed by atoms with Gasteiger partial charge < -0.3 is 10.0 Å².